The molecule has 0 aromatic rings. The molecule has 82 valence electrons. The van der Waals surface area contributed by atoms with E-state index in [1.807, 2.05) is 6.92 Å². The monoisotopic (exact) mass is 202 g/mol. The average molecular weight is 202 g/mol. The van der Waals surface area contributed by atoms with Gasteiger partial charge in [0.05, 0.1) is 19.3 Å². The van der Waals surface area contributed by atoms with E-state index in [9.17, 15) is 0 Å². The molecular formula is C9H18N2O3. The fourth-order valence-corrected chi connectivity index (χ4v) is 1.41. The minimum absolute atomic E-state index is 0.00787. The van der Waals surface area contributed by atoms with Gasteiger partial charge in [-0.1, -0.05) is 5.16 Å². The largest absolute Gasteiger partial charge is 0.409 e. The Hall–Kier alpha value is -0.810. The van der Waals surface area contributed by atoms with Gasteiger partial charge in [0.2, 0.25) is 0 Å². The zero-order valence-corrected chi connectivity index (χ0v) is 8.48. The lowest BCUT2D eigenvalue weighted by Gasteiger charge is -2.14. The molecule has 1 saturated heterocycles. The Morgan fingerprint density at radius 3 is 3.14 bits per heavy atom. The summed E-state index contributed by atoms with van der Waals surface area (Å²) in [7, 11) is 0. The first kappa shape index (κ1) is 11.3. The van der Waals surface area contributed by atoms with E-state index in [0.717, 1.165) is 19.6 Å². The quantitative estimate of drug-likeness (QED) is 0.295. The molecule has 0 aromatic heterocycles. The maximum absolute atomic E-state index is 8.35. The van der Waals surface area contributed by atoms with Gasteiger partial charge in [0.25, 0.3) is 0 Å². The van der Waals surface area contributed by atoms with Gasteiger partial charge in [-0.05, 0) is 13.3 Å². The molecule has 0 aromatic carbocycles. The van der Waals surface area contributed by atoms with Crippen LogP contribution >= 0.6 is 0 Å². The highest BCUT2D eigenvalue weighted by molar-refractivity contribution is 5.79. The van der Waals surface area contributed by atoms with E-state index in [-0.39, 0.29) is 11.9 Å². The van der Waals surface area contributed by atoms with Gasteiger partial charge in [0.1, 0.15) is 5.84 Å². The molecule has 1 fully saturated rings. The molecule has 1 aliphatic heterocycles. The SMILES string of the molecule is CC(C/C(N)=N/O)OCC1CCOC1. The highest BCUT2D eigenvalue weighted by Gasteiger charge is 2.17. The second-order valence-electron chi connectivity index (χ2n) is 3.67. The fourth-order valence-electron chi connectivity index (χ4n) is 1.41. The molecule has 1 heterocycles. The van der Waals surface area contributed by atoms with Gasteiger partial charge in [-0.3, -0.25) is 0 Å². The van der Waals surface area contributed by atoms with Gasteiger partial charge in [0, 0.05) is 18.9 Å². The summed E-state index contributed by atoms with van der Waals surface area (Å²) in [6, 6.07) is 0. The molecule has 14 heavy (non-hydrogen) atoms. The summed E-state index contributed by atoms with van der Waals surface area (Å²) in [6.45, 7) is 4.23. The van der Waals surface area contributed by atoms with Crippen LogP contribution in [0.25, 0.3) is 0 Å². The highest BCUT2D eigenvalue weighted by Crippen LogP contribution is 2.13. The maximum Gasteiger partial charge on any atom is 0.141 e. The van der Waals surface area contributed by atoms with Crippen molar-refractivity contribution in [2.45, 2.75) is 25.9 Å². The van der Waals surface area contributed by atoms with E-state index >= 15 is 0 Å². The summed E-state index contributed by atoms with van der Waals surface area (Å²) >= 11 is 0. The van der Waals surface area contributed by atoms with Crippen LogP contribution < -0.4 is 5.73 Å². The van der Waals surface area contributed by atoms with Crippen molar-refractivity contribution in [3.63, 3.8) is 0 Å². The predicted octanol–water partition coefficient (Wildman–Crippen LogP) is 0.564. The third-order valence-electron chi connectivity index (χ3n) is 2.27. The maximum atomic E-state index is 8.35. The minimum atomic E-state index is -0.00787. The van der Waals surface area contributed by atoms with Crippen LogP contribution in [0, 0.1) is 5.92 Å². The molecule has 0 amide bonds. The number of oxime groups is 1. The van der Waals surface area contributed by atoms with Gasteiger partial charge < -0.3 is 20.4 Å². The molecule has 5 heteroatoms. The molecule has 0 spiro atoms. The Bertz CT molecular complexity index is 190. The Morgan fingerprint density at radius 1 is 1.79 bits per heavy atom. The van der Waals surface area contributed by atoms with Crippen molar-refractivity contribution in [3.8, 4) is 0 Å². The number of amidine groups is 1. The topological polar surface area (TPSA) is 77.1 Å². The molecule has 0 radical (unpaired) electrons. The standard InChI is InChI=1S/C9H18N2O3/c1-7(4-9(10)11-12)14-6-8-2-3-13-5-8/h7-8,12H,2-6H2,1H3,(H2,10,11). The third-order valence-corrected chi connectivity index (χ3v) is 2.27. The number of rotatable bonds is 5. The number of ether oxygens (including phenoxy) is 2. The Kier molecular flexibility index (Phi) is 4.69. The van der Waals surface area contributed by atoms with Crippen molar-refractivity contribution in [2.75, 3.05) is 19.8 Å². The van der Waals surface area contributed by atoms with E-state index in [1.54, 1.807) is 0 Å². The normalized spacial score (nSPS) is 25.2. The molecule has 0 aliphatic carbocycles. The molecule has 2 atom stereocenters. The molecule has 5 nitrogen and oxygen atoms in total. The first-order valence-corrected chi connectivity index (χ1v) is 4.88. The summed E-state index contributed by atoms with van der Waals surface area (Å²) in [5.41, 5.74) is 5.35. The summed E-state index contributed by atoms with van der Waals surface area (Å²) in [5.74, 6) is 0.713. The lowest BCUT2D eigenvalue weighted by molar-refractivity contribution is 0.0403. The van der Waals surface area contributed by atoms with E-state index in [1.165, 1.54) is 0 Å². The molecule has 1 rings (SSSR count). The molecule has 0 bridgehead atoms. The van der Waals surface area contributed by atoms with E-state index in [4.69, 9.17) is 20.4 Å². The fraction of sp³-hybridized carbons (Fsp3) is 0.889. The number of nitrogens with two attached hydrogens (primary N) is 1. The van der Waals surface area contributed by atoms with E-state index < -0.39 is 0 Å². The molecular weight excluding hydrogens is 184 g/mol. The number of hydrogen-bond donors (Lipinski definition) is 2. The van der Waals surface area contributed by atoms with Crippen LogP contribution in [0.3, 0.4) is 0 Å². The van der Waals surface area contributed by atoms with Crippen molar-refractivity contribution in [1.29, 1.82) is 0 Å². The van der Waals surface area contributed by atoms with Crippen LogP contribution in [0.15, 0.2) is 5.16 Å². The third kappa shape index (κ3) is 3.93. The first-order valence-electron chi connectivity index (χ1n) is 4.88. The Labute approximate surface area is 83.9 Å². The van der Waals surface area contributed by atoms with Gasteiger partial charge in [-0.15, -0.1) is 0 Å². The molecule has 3 N–H and O–H groups in total. The summed E-state index contributed by atoms with van der Waals surface area (Å²) < 4.78 is 10.8. The van der Waals surface area contributed by atoms with Crippen molar-refractivity contribution in [3.05, 3.63) is 0 Å². The Morgan fingerprint density at radius 2 is 2.57 bits per heavy atom. The predicted molar refractivity (Wildman–Crippen MR) is 52.4 cm³/mol. The highest BCUT2D eigenvalue weighted by atomic mass is 16.5. The second-order valence-corrected chi connectivity index (χ2v) is 3.67. The van der Waals surface area contributed by atoms with Crippen LogP contribution in [0.2, 0.25) is 0 Å². The van der Waals surface area contributed by atoms with Crippen molar-refractivity contribution in [2.24, 2.45) is 16.8 Å². The van der Waals surface area contributed by atoms with Crippen LogP contribution in [0.1, 0.15) is 19.8 Å². The first-order chi connectivity index (χ1) is 6.72. The summed E-state index contributed by atoms with van der Waals surface area (Å²) in [4.78, 5) is 0. The summed E-state index contributed by atoms with van der Waals surface area (Å²) in [5, 5.41) is 11.2. The van der Waals surface area contributed by atoms with E-state index in [0.29, 0.717) is 18.9 Å². The molecule has 1 aliphatic rings. The number of hydrogen-bond acceptors (Lipinski definition) is 4. The lowest BCUT2D eigenvalue weighted by atomic mass is 10.1. The van der Waals surface area contributed by atoms with Gasteiger partial charge in [-0.2, -0.15) is 0 Å². The van der Waals surface area contributed by atoms with Crippen molar-refractivity contribution in [1.82, 2.24) is 0 Å². The van der Waals surface area contributed by atoms with Crippen molar-refractivity contribution < 1.29 is 14.7 Å². The van der Waals surface area contributed by atoms with Crippen LogP contribution in [-0.4, -0.2) is 37.0 Å². The number of nitrogens with zero attached hydrogens (tertiary/aromatic N) is 1. The van der Waals surface area contributed by atoms with Gasteiger partial charge in [-0.25, -0.2) is 0 Å². The van der Waals surface area contributed by atoms with Crippen LogP contribution in [0.4, 0.5) is 0 Å². The second kappa shape index (κ2) is 5.82. The zero-order valence-electron chi connectivity index (χ0n) is 8.48. The molecule has 0 saturated carbocycles. The minimum Gasteiger partial charge on any atom is -0.409 e. The van der Waals surface area contributed by atoms with Crippen molar-refractivity contribution >= 4 is 5.84 Å². The summed E-state index contributed by atoms with van der Waals surface area (Å²) in [6.07, 6.45) is 1.52. The smallest absolute Gasteiger partial charge is 0.141 e. The van der Waals surface area contributed by atoms with Gasteiger partial charge in [0.15, 0.2) is 0 Å². The van der Waals surface area contributed by atoms with E-state index in [2.05, 4.69) is 5.16 Å². The lowest BCUT2D eigenvalue weighted by Crippen LogP contribution is -2.23. The van der Waals surface area contributed by atoms with Gasteiger partial charge >= 0.3 is 0 Å². The molecule has 2 unspecified atom stereocenters. The van der Waals surface area contributed by atoms with Crippen LogP contribution in [-0.2, 0) is 9.47 Å². The Balaban J connectivity index is 2.10. The van der Waals surface area contributed by atoms with Crippen LogP contribution in [0.5, 0.6) is 0 Å². The average Bonchev–Trinajstić information content (AvgIpc) is 2.67. The zero-order chi connectivity index (χ0) is 10.4.